The summed E-state index contributed by atoms with van der Waals surface area (Å²) in [7, 11) is 0. The number of nitriles is 1. The Hall–Kier alpha value is -4.49. The van der Waals surface area contributed by atoms with E-state index in [9.17, 15) is 9.59 Å². The molecule has 4 rings (SSSR count). The van der Waals surface area contributed by atoms with Crippen molar-refractivity contribution in [2.75, 3.05) is 49.7 Å². The van der Waals surface area contributed by atoms with E-state index < -0.39 is 0 Å². The van der Waals surface area contributed by atoms with Crippen LogP contribution in [0.1, 0.15) is 39.6 Å². The molecule has 0 aliphatic carbocycles. The number of hydrogen-bond acceptors (Lipinski definition) is 9. The van der Waals surface area contributed by atoms with E-state index in [0.29, 0.717) is 61.4 Å². The molecule has 10 heteroatoms. The first-order valence-corrected chi connectivity index (χ1v) is 12.5. The van der Waals surface area contributed by atoms with Crippen molar-refractivity contribution >= 4 is 29.2 Å². The number of hydrogen-bond donors (Lipinski definition) is 2. The van der Waals surface area contributed by atoms with Gasteiger partial charge in [0.1, 0.15) is 6.54 Å². The first-order chi connectivity index (χ1) is 18.5. The molecule has 196 valence electrons. The van der Waals surface area contributed by atoms with Gasteiger partial charge in [-0.2, -0.15) is 5.26 Å². The zero-order valence-corrected chi connectivity index (χ0v) is 21.5. The molecule has 10 nitrogen and oxygen atoms in total. The molecule has 1 saturated heterocycles. The molecule has 2 N–H and O–H groups in total. The van der Waals surface area contributed by atoms with Gasteiger partial charge >= 0.3 is 5.97 Å². The van der Waals surface area contributed by atoms with Crippen molar-refractivity contribution in [2.24, 2.45) is 0 Å². The monoisotopic (exact) mass is 514 g/mol. The maximum Gasteiger partial charge on any atom is 0.340 e. The molecule has 1 aliphatic rings. The third-order valence-corrected chi connectivity index (χ3v) is 5.98. The van der Waals surface area contributed by atoms with E-state index in [-0.39, 0.29) is 18.4 Å². The summed E-state index contributed by atoms with van der Waals surface area (Å²) in [5, 5.41) is 14.4. The topological polar surface area (TPSA) is 129 Å². The molecule has 2 aromatic carbocycles. The number of aromatic nitrogens is 2. The van der Waals surface area contributed by atoms with Crippen molar-refractivity contribution in [3.63, 3.8) is 0 Å². The van der Waals surface area contributed by atoms with Gasteiger partial charge in [-0.25, -0.2) is 14.8 Å². The van der Waals surface area contributed by atoms with E-state index in [1.807, 2.05) is 32.0 Å². The second-order valence-corrected chi connectivity index (χ2v) is 8.74. The molecule has 0 atom stereocenters. The molecule has 1 amide bonds. The van der Waals surface area contributed by atoms with Gasteiger partial charge in [0.15, 0.2) is 0 Å². The summed E-state index contributed by atoms with van der Waals surface area (Å²) in [4.78, 5) is 36.2. The van der Waals surface area contributed by atoms with E-state index in [4.69, 9.17) is 14.7 Å². The molecular weight excluding hydrogens is 484 g/mol. The van der Waals surface area contributed by atoms with Crippen LogP contribution in [0.15, 0.2) is 48.7 Å². The van der Waals surface area contributed by atoms with Gasteiger partial charge in [0.25, 0.3) is 5.91 Å². The summed E-state index contributed by atoms with van der Waals surface area (Å²) in [5.74, 6) is -0.316. The number of morpholine rings is 1. The fourth-order valence-corrected chi connectivity index (χ4v) is 4.05. The number of carbonyl (C=O) groups excluding carboxylic acids is 2. The third kappa shape index (κ3) is 6.44. The summed E-state index contributed by atoms with van der Waals surface area (Å²) in [6.07, 6.45) is 2.46. The number of aryl methyl sites for hydroxylation is 1. The van der Waals surface area contributed by atoms with Gasteiger partial charge < -0.3 is 25.0 Å². The zero-order chi connectivity index (χ0) is 26.9. The summed E-state index contributed by atoms with van der Waals surface area (Å²) < 4.78 is 10.9. The van der Waals surface area contributed by atoms with Gasteiger partial charge in [-0.15, -0.1) is 0 Å². The number of carbonyl (C=O) groups is 2. The third-order valence-electron chi connectivity index (χ3n) is 5.98. The van der Waals surface area contributed by atoms with Crippen LogP contribution in [0.3, 0.4) is 0 Å². The predicted octanol–water partition coefficient (Wildman–Crippen LogP) is 3.85. The van der Waals surface area contributed by atoms with Crippen molar-refractivity contribution in [2.45, 2.75) is 20.3 Å². The van der Waals surface area contributed by atoms with Crippen molar-refractivity contribution in [1.29, 1.82) is 5.26 Å². The second-order valence-electron chi connectivity index (χ2n) is 8.74. The fraction of sp³-hybridized carbons (Fsp3) is 0.321. The van der Waals surface area contributed by atoms with Gasteiger partial charge in [-0.3, -0.25) is 4.79 Å². The maximum absolute atomic E-state index is 12.9. The molecular formula is C28H30N6O4. The number of amides is 1. The number of anilines is 3. The van der Waals surface area contributed by atoms with Gasteiger partial charge in [0, 0.05) is 36.1 Å². The van der Waals surface area contributed by atoms with Gasteiger partial charge in [-0.05, 0) is 49.2 Å². The summed E-state index contributed by atoms with van der Waals surface area (Å²) in [6.45, 7) is 6.77. The Morgan fingerprint density at radius 1 is 1.16 bits per heavy atom. The molecule has 1 fully saturated rings. The van der Waals surface area contributed by atoms with E-state index in [1.165, 1.54) is 0 Å². The molecule has 1 aliphatic heterocycles. The smallest absolute Gasteiger partial charge is 0.340 e. The molecule has 0 unspecified atom stereocenters. The highest BCUT2D eigenvalue weighted by atomic mass is 16.5. The molecule has 0 saturated carbocycles. The van der Waals surface area contributed by atoms with Gasteiger partial charge in [-0.1, -0.05) is 19.1 Å². The van der Waals surface area contributed by atoms with E-state index >= 15 is 0 Å². The Morgan fingerprint density at radius 2 is 1.92 bits per heavy atom. The van der Waals surface area contributed by atoms with Crippen LogP contribution in [-0.4, -0.2) is 61.3 Å². The number of benzene rings is 2. The number of ether oxygens (including phenoxy) is 2. The number of rotatable bonds is 9. The summed E-state index contributed by atoms with van der Waals surface area (Å²) in [5.41, 5.74) is 4.79. The van der Waals surface area contributed by atoms with Crippen LogP contribution in [0, 0.1) is 18.3 Å². The minimum Gasteiger partial charge on any atom is -0.462 e. The molecule has 3 aromatic rings. The molecule has 0 radical (unpaired) electrons. The van der Waals surface area contributed by atoms with Crippen LogP contribution >= 0.6 is 0 Å². The van der Waals surface area contributed by atoms with Crippen molar-refractivity contribution in [3.05, 3.63) is 65.4 Å². The molecule has 1 aromatic heterocycles. The zero-order valence-electron chi connectivity index (χ0n) is 21.5. The number of esters is 1. The maximum atomic E-state index is 12.9. The predicted molar refractivity (Wildman–Crippen MR) is 143 cm³/mol. The lowest BCUT2D eigenvalue weighted by atomic mass is 10.1. The normalized spacial score (nSPS) is 12.9. The van der Waals surface area contributed by atoms with Crippen LogP contribution in [-0.2, 0) is 9.47 Å². The first-order valence-electron chi connectivity index (χ1n) is 12.5. The largest absolute Gasteiger partial charge is 0.462 e. The van der Waals surface area contributed by atoms with Crippen LogP contribution < -0.4 is 15.5 Å². The molecule has 0 spiro atoms. The average Bonchev–Trinajstić information content (AvgIpc) is 2.96. The van der Waals surface area contributed by atoms with Crippen LogP contribution in [0.2, 0.25) is 0 Å². The fourth-order valence-electron chi connectivity index (χ4n) is 4.05. The first kappa shape index (κ1) is 26.6. The minimum atomic E-state index is -0.374. The van der Waals surface area contributed by atoms with E-state index in [0.717, 1.165) is 23.2 Å². The van der Waals surface area contributed by atoms with E-state index in [1.54, 1.807) is 36.5 Å². The molecule has 38 heavy (non-hydrogen) atoms. The van der Waals surface area contributed by atoms with Crippen LogP contribution in [0.5, 0.6) is 0 Å². The molecule has 0 bridgehead atoms. The van der Waals surface area contributed by atoms with E-state index in [2.05, 4.69) is 25.5 Å². The Kier molecular flexibility index (Phi) is 8.85. The molecule has 2 heterocycles. The van der Waals surface area contributed by atoms with Gasteiger partial charge in [0.05, 0.1) is 42.8 Å². The highest BCUT2D eigenvalue weighted by Gasteiger charge is 2.21. The van der Waals surface area contributed by atoms with Crippen molar-refractivity contribution in [3.8, 4) is 17.3 Å². The quantitative estimate of drug-likeness (QED) is 0.323. The lowest BCUT2D eigenvalue weighted by Gasteiger charge is -2.30. The number of nitrogens with zero attached hydrogens (tertiary/aromatic N) is 4. The van der Waals surface area contributed by atoms with Crippen LogP contribution in [0.25, 0.3) is 11.3 Å². The van der Waals surface area contributed by atoms with Gasteiger partial charge in [0.2, 0.25) is 5.95 Å². The lowest BCUT2D eigenvalue weighted by molar-refractivity contribution is 0.0505. The average molecular weight is 515 g/mol. The summed E-state index contributed by atoms with van der Waals surface area (Å²) in [6, 6.07) is 14.4. The Balaban J connectivity index is 1.58. The summed E-state index contributed by atoms with van der Waals surface area (Å²) >= 11 is 0. The Bertz CT molecular complexity index is 1330. The van der Waals surface area contributed by atoms with Crippen molar-refractivity contribution in [1.82, 2.24) is 15.3 Å². The van der Waals surface area contributed by atoms with Crippen molar-refractivity contribution < 1.29 is 19.1 Å². The minimum absolute atomic E-state index is 0.0495. The highest BCUT2D eigenvalue weighted by Crippen LogP contribution is 2.28. The highest BCUT2D eigenvalue weighted by molar-refractivity contribution is 5.97. The lowest BCUT2D eigenvalue weighted by Crippen LogP contribution is -2.37. The number of nitrogens with one attached hydrogen (secondary N) is 2. The standard InChI is InChI=1S/C28H30N6O4/c1-3-14-38-27(36)23-17-22(8-9-24(23)34-12-15-37-16-13-34)32-28-31-18-19(2)25(33-28)20-4-6-21(7-5-20)26(35)30-11-10-29/h4-9,17-18H,3,11-16H2,1-2H3,(H,30,35)(H,31,32,33). The Labute approximate surface area is 221 Å². The van der Waals surface area contributed by atoms with Crippen LogP contribution in [0.4, 0.5) is 17.3 Å². The second kappa shape index (κ2) is 12.7. The Morgan fingerprint density at radius 3 is 2.63 bits per heavy atom. The SMILES string of the molecule is CCCOC(=O)c1cc(Nc2ncc(C)c(-c3ccc(C(=O)NCC#N)cc3)n2)ccc1N1CCOCC1.